The van der Waals surface area contributed by atoms with E-state index in [1.54, 1.807) is 24.5 Å². The summed E-state index contributed by atoms with van der Waals surface area (Å²) in [6.07, 6.45) is 1.61. The summed E-state index contributed by atoms with van der Waals surface area (Å²) in [4.78, 5) is 21.1. The molecule has 0 bridgehead atoms. The van der Waals surface area contributed by atoms with Gasteiger partial charge in [0.25, 0.3) is 5.91 Å². The van der Waals surface area contributed by atoms with Crippen molar-refractivity contribution >= 4 is 35.8 Å². The fourth-order valence-corrected chi connectivity index (χ4v) is 2.83. The normalized spacial score (nSPS) is 10.9. The molecule has 0 saturated heterocycles. The van der Waals surface area contributed by atoms with Gasteiger partial charge in [-0.1, -0.05) is 29.8 Å². The van der Waals surface area contributed by atoms with Gasteiger partial charge in [-0.2, -0.15) is 0 Å². The summed E-state index contributed by atoms with van der Waals surface area (Å²) in [5, 5.41) is 18.8. The van der Waals surface area contributed by atoms with Crippen molar-refractivity contribution in [2.75, 3.05) is 19.6 Å². The number of amides is 1. The third-order valence-corrected chi connectivity index (χ3v) is 4.45. The first-order chi connectivity index (χ1) is 15.1. The number of halogens is 1. The molecule has 170 valence electrons. The molecule has 1 heterocycles. The molecule has 0 unspecified atom stereocenters. The van der Waals surface area contributed by atoms with Gasteiger partial charge in [0.15, 0.2) is 5.96 Å². The van der Waals surface area contributed by atoms with Crippen molar-refractivity contribution in [2.45, 2.75) is 20.4 Å². The molecule has 9 heteroatoms. The van der Waals surface area contributed by atoms with E-state index < -0.39 is 0 Å². The van der Waals surface area contributed by atoms with Gasteiger partial charge < -0.3 is 25.5 Å². The van der Waals surface area contributed by atoms with Crippen molar-refractivity contribution in [3.63, 3.8) is 0 Å². The SMILES string of the molecule is CCNC(=NCc1coc(-c2ccc(C)cc2)n1)NCCNC(=O)c1ccccc1O.I. The molecule has 4 N–H and O–H groups in total. The Kier molecular flexibility index (Phi) is 9.99. The highest BCUT2D eigenvalue weighted by molar-refractivity contribution is 14.0. The number of para-hydroxylation sites is 1. The van der Waals surface area contributed by atoms with Gasteiger partial charge in [0, 0.05) is 25.2 Å². The first-order valence-electron chi connectivity index (χ1n) is 10.2. The Labute approximate surface area is 204 Å². The summed E-state index contributed by atoms with van der Waals surface area (Å²) >= 11 is 0. The molecule has 0 aliphatic rings. The van der Waals surface area contributed by atoms with Crippen LogP contribution in [-0.4, -0.2) is 41.6 Å². The minimum Gasteiger partial charge on any atom is -0.507 e. The molecule has 2 aromatic carbocycles. The summed E-state index contributed by atoms with van der Waals surface area (Å²) in [6, 6.07) is 14.4. The summed E-state index contributed by atoms with van der Waals surface area (Å²) in [6.45, 7) is 5.91. The van der Waals surface area contributed by atoms with E-state index in [9.17, 15) is 9.90 Å². The maximum absolute atomic E-state index is 12.1. The Bertz CT molecular complexity index is 1030. The predicted molar refractivity (Wildman–Crippen MR) is 135 cm³/mol. The first kappa shape index (κ1) is 25.2. The number of hydrogen-bond acceptors (Lipinski definition) is 5. The number of aromatic hydroxyl groups is 1. The van der Waals surface area contributed by atoms with E-state index in [2.05, 4.69) is 25.9 Å². The molecule has 0 saturated carbocycles. The fourth-order valence-electron chi connectivity index (χ4n) is 2.83. The largest absolute Gasteiger partial charge is 0.507 e. The van der Waals surface area contributed by atoms with E-state index in [0.29, 0.717) is 38.0 Å². The van der Waals surface area contributed by atoms with E-state index in [1.165, 1.54) is 11.6 Å². The zero-order valence-corrected chi connectivity index (χ0v) is 20.4. The smallest absolute Gasteiger partial charge is 0.255 e. The van der Waals surface area contributed by atoms with Gasteiger partial charge in [-0.15, -0.1) is 24.0 Å². The standard InChI is InChI=1S/C23H27N5O3.HI/c1-3-24-23(26-13-12-25-21(30)19-6-4-5-7-20(19)29)27-14-18-15-31-22(28-18)17-10-8-16(2)9-11-17;/h4-11,15,29H,3,12-14H2,1-2H3,(H,25,30)(H2,24,26,27);1H. The highest BCUT2D eigenvalue weighted by atomic mass is 127. The van der Waals surface area contributed by atoms with Crippen LogP contribution in [0.3, 0.4) is 0 Å². The molecular weight excluding hydrogens is 521 g/mol. The zero-order chi connectivity index (χ0) is 22.1. The number of aromatic nitrogens is 1. The Morgan fingerprint density at radius 3 is 2.50 bits per heavy atom. The number of phenols is 1. The lowest BCUT2D eigenvalue weighted by atomic mass is 10.1. The minimum atomic E-state index is -0.326. The second kappa shape index (κ2) is 12.7. The average Bonchev–Trinajstić information content (AvgIpc) is 3.24. The van der Waals surface area contributed by atoms with Gasteiger partial charge in [0.1, 0.15) is 17.7 Å². The van der Waals surface area contributed by atoms with Crippen molar-refractivity contribution < 1.29 is 14.3 Å². The maximum atomic E-state index is 12.1. The molecule has 0 atom stereocenters. The average molecular weight is 549 g/mol. The van der Waals surface area contributed by atoms with Gasteiger partial charge >= 0.3 is 0 Å². The number of guanidine groups is 1. The lowest BCUT2D eigenvalue weighted by Crippen LogP contribution is -2.41. The molecule has 1 aromatic heterocycles. The third-order valence-electron chi connectivity index (χ3n) is 4.45. The number of nitrogens with one attached hydrogen (secondary N) is 3. The van der Waals surface area contributed by atoms with Crippen LogP contribution < -0.4 is 16.0 Å². The lowest BCUT2D eigenvalue weighted by Gasteiger charge is -2.12. The number of carbonyl (C=O) groups excluding carboxylic acids is 1. The van der Waals surface area contributed by atoms with Crippen molar-refractivity contribution in [3.05, 3.63) is 71.6 Å². The lowest BCUT2D eigenvalue weighted by molar-refractivity contribution is 0.0951. The van der Waals surface area contributed by atoms with E-state index in [1.807, 2.05) is 38.1 Å². The maximum Gasteiger partial charge on any atom is 0.255 e. The quantitative estimate of drug-likeness (QED) is 0.148. The van der Waals surface area contributed by atoms with Crippen molar-refractivity contribution in [2.24, 2.45) is 4.99 Å². The van der Waals surface area contributed by atoms with Crippen LogP contribution >= 0.6 is 24.0 Å². The summed E-state index contributed by atoms with van der Waals surface area (Å²) in [7, 11) is 0. The number of rotatable bonds is 8. The Morgan fingerprint density at radius 2 is 1.78 bits per heavy atom. The number of carbonyl (C=O) groups is 1. The Balaban J connectivity index is 0.00000363. The molecule has 32 heavy (non-hydrogen) atoms. The third kappa shape index (κ3) is 7.26. The number of oxazole rings is 1. The Hall–Kier alpha value is -3.08. The van der Waals surface area contributed by atoms with Crippen LogP contribution in [0.1, 0.15) is 28.5 Å². The monoisotopic (exact) mass is 549 g/mol. The van der Waals surface area contributed by atoms with Crippen molar-refractivity contribution in [1.29, 1.82) is 0 Å². The summed E-state index contributed by atoms with van der Waals surface area (Å²) in [5.74, 6) is 0.808. The number of phenolic OH excluding ortho intramolecular Hbond substituents is 1. The molecule has 1 amide bonds. The highest BCUT2D eigenvalue weighted by Crippen LogP contribution is 2.19. The second-order valence-electron chi connectivity index (χ2n) is 6.91. The van der Waals surface area contributed by atoms with Gasteiger partial charge in [0.2, 0.25) is 5.89 Å². The minimum absolute atomic E-state index is 0. The molecule has 3 aromatic rings. The van der Waals surface area contributed by atoms with Crippen LogP contribution in [-0.2, 0) is 6.54 Å². The zero-order valence-electron chi connectivity index (χ0n) is 18.1. The van der Waals surface area contributed by atoms with Crippen LogP contribution in [0.2, 0.25) is 0 Å². The molecule has 0 spiro atoms. The van der Waals surface area contributed by atoms with E-state index in [-0.39, 0.29) is 41.2 Å². The number of aliphatic imine (C=N–C) groups is 1. The summed E-state index contributed by atoms with van der Waals surface area (Å²) in [5.41, 5.74) is 3.07. The summed E-state index contributed by atoms with van der Waals surface area (Å²) < 4.78 is 5.57. The molecule has 0 fully saturated rings. The van der Waals surface area contributed by atoms with Crippen molar-refractivity contribution in [3.8, 4) is 17.2 Å². The van der Waals surface area contributed by atoms with Gasteiger partial charge in [-0.05, 0) is 38.1 Å². The van der Waals surface area contributed by atoms with Gasteiger partial charge in [-0.25, -0.2) is 9.98 Å². The van der Waals surface area contributed by atoms with E-state index in [4.69, 9.17) is 4.42 Å². The number of nitrogens with zero attached hydrogens (tertiary/aromatic N) is 2. The highest BCUT2D eigenvalue weighted by Gasteiger charge is 2.09. The molecular formula is C23H28IN5O3. The van der Waals surface area contributed by atoms with Gasteiger partial charge in [0.05, 0.1) is 12.1 Å². The number of benzene rings is 2. The molecule has 0 aliphatic carbocycles. The fraction of sp³-hybridized carbons (Fsp3) is 0.261. The second-order valence-corrected chi connectivity index (χ2v) is 6.91. The molecule has 0 aliphatic heterocycles. The van der Waals surface area contributed by atoms with Crippen LogP contribution in [0.4, 0.5) is 0 Å². The molecule has 3 rings (SSSR count). The topological polar surface area (TPSA) is 112 Å². The predicted octanol–water partition coefficient (Wildman–Crippen LogP) is 3.46. The first-order valence-corrected chi connectivity index (χ1v) is 10.2. The molecule has 8 nitrogen and oxygen atoms in total. The van der Waals surface area contributed by atoms with E-state index >= 15 is 0 Å². The molecule has 0 radical (unpaired) electrons. The van der Waals surface area contributed by atoms with Crippen LogP contribution in [0.15, 0.2) is 64.2 Å². The van der Waals surface area contributed by atoms with Crippen LogP contribution in [0.5, 0.6) is 5.75 Å². The van der Waals surface area contributed by atoms with E-state index in [0.717, 1.165) is 11.3 Å². The van der Waals surface area contributed by atoms with Crippen molar-refractivity contribution in [1.82, 2.24) is 20.9 Å². The Morgan fingerprint density at radius 1 is 1.06 bits per heavy atom. The number of hydrogen-bond donors (Lipinski definition) is 4. The van der Waals surface area contributed by atoms with Crippen LogP contribution in [0, 0.1) is 6.92 Å². The number of aryl methyl sites for hydroxylation is 1. The van der Waals surface area contributed by atoms with Crippen LogP contribution in [0.25, 0.3) is 11.5 Å². The van der Waals surface area contributed by atoms with Gasteiger partial charge in [-0.3, -0.25) is 4.79 Å².